The number of amides is 1. The van der Waals surface area contributed by atoms with Gasteiger partial charge in [-0.3, -0.25) is 4.79 Å². The molecule has 0 aliphatic carbocycles. The molecule has 7 nitrogen and oxygen atoms in total. The number of nitrogens with one attached hydrogen (secondary N) is 1. The minimum atomic E-state index is -0.307. The summed E-state index contributed by atoms with van der Waals surface area (Å²) < 4.78 is 7.65. The Bertz CT molecular complexity index is 1280. The number of nitrogens with zero attached hydrogens (tertiary/aromatic N) is 3. The maximum absolute atomic E-state index is 13.2. The van der Waals surface area contributed by atoms with Crippen LogP contribution in [0.1, 0.15) is 28.8 Å². The molecule has 1 fully saturated rings. The number of rotatable bonds is 5. The average Bonchev–Trinajstić information content (AvgIpc) is 3.38. The molecule has 3 N–H and O–H groups in total. The van der Waals surface area contributed by atoms with Gasteiger partial charge in [0.25, 0.3) is 5.91 Å². The number of hydrogen-bond acceptors (Lipinski definition) is 5. The van der Waals surface area contributed by atoms with Crippen LogP contribution < -0.4 is 11.1 Å². The molecule has 0 unspecified atom stereocenters. The van der Waals surface area contributed by atoms with Crippen molar-refractivity contribution in [2.24, 2.45) is 0 Å². The number of nitrogen functional groups attached to an aromatic ring is 1. The SMILES string of the molecule is Nc1c(C(=O)NCc2ccccc2Cl)c2nc3ccccc3nc2n1C[C@H]1CCCO1. The normalized spacial score (nSPS) is 16.2. The van der Waals surface area contributed by atoms with E-state index in [2.05, 4.69) is 5.32 Å². The van der Waals surface area contributed by atoms with Crippen molar-refractivity contribution in [1.29, 1.82) is 0 Å². The number of hydrogen-bond donors (Lipinski definition) is 2. The van der Waals surface area contributed by atoms with Gasteiger partial charge in [0.05, 0.1) is 23.7 Å². The summed E-state index contributed by atoms with van der Waals surface area (Å²) in [5.41, 5.74) is 10.2. The predicted octanol–water partition coefficient (Wildman–Crippen LogP) is 3.93. The van der Waals surface area contributed by atoms with E-state index in [0.717, 1.165) is 30.5 Å². The molecule has 0 bridgehead atoms. The van der Waals surface area contributed by atoms with Crippen LogP contribution in [-0.4, -0.2) is 33.2 Å². The lowest BCUT2D eigenvalue weighted by atomic mass is 10.2. The number of para-hydroxylation sites is 2. The molecule has 2 aromatic heterocycles. The second kappa shape index (κ2) is 8.17. The number of aromatic nitrogens is 3. The van der Waals surface area contributed by atoms with Crippen LogP contribution in [0.4, 0.5) is 5.82 Å². The smallest absolute Gasteiger partial charge is 0.257 e. The molecule has 5 rings (SSSR count). The van der Waals surface area contributed by atoms with Gasteiger partial charge < -0.3 is 20.4 Å². The second-order valence-corrected chi connectivity index (χ2v) is 8.07. The maximum atomic E-state index is 13.2. The predicted molar refractivity (Wildman–Crippen MR) is 121 cm³/mol. The first-order chi connectivity index (χ1) is 15.1. The van der Waals surface area contributed by atoms with Crippen LogP contribution in [0.3, 0.4) is 0 Å². The summed E-state index contributed by atoms with van der Waals surface area (Å²) >= 11 is 6.23. The summed E-state index contributed by atoms with van der Waals surface area (Å²) in [6, 6.07) is 15.0. The number of anilines is 1. The molecule has 0 spiro atoms. The van der Waals surface area contributed by atoms with E-state index in [9.17, 15) is 4.79 Å². The minimum absolute atomic E-state index is 0.0465. The Morgan fingerprint density at radius 2 is 1.90 bits per heavy atom. The molecular formula is C23H22ClN5O2. The van der Waals surface area contributed by atoms with Crippen LogP contribution in [0, 0.1) is 0 Å². The van der Waals surface area contributed by atoms with Gasteiger partial charge in [-0.2, -0.15) is 0 Å². The Labute approximate surface area is 184 Å². The summed E-state index contributed by atoms with van der Waals surface area (Å²) in [7, 11) is 0. The summed E-state index contributed by atoms with van der Waals surface area (Å²) in [4.78, 5) is 22.7. The van der Waals surface area contributed by atoms with E-state index in [1.807, 2.05) is 47.0 Å². The zero-order valence-electron chi connectivity index (χ0n) is 16.8. The maximum Gasteiger partial charge on any atom is 0.257 e. The molecule has 0 radical (unpaired) electrons. The van der Waals surface area contributed by atoms with Crippen molar-refractivity contribution in [3.8, 4) is 0 Å². The summed E-state index contributed by atoms with van der Waals surface area (Å²) in [5.74, 6) is 0.0376. The van der Waals surface area contributed by atoms with E-state index in [-0.39, 0.29) is 18.6 Å². The lowest BCUT2D eigenvalue weighted by molar-refractivity contribution is 0.0947. The molecule has 1 aliphatic heterocycles. The number of halogens is 1. The number of carbonyl (C=O) groups excluding carboxylic acids is 1. The van der Waals surface area contributed by atoms with Crippen LogP contribution in [-0.2, 0) is 17.8 Å². The molecular weight excluding hydrogens is 414 g/mol. The Kier molecular flexibility index (Phi) is 5.21. The molecule has 158 valence electrons. The highest BCUT2D eigenvalue weighted by Crippen LogP contribution is 2.29. The lowest BCUT2D eigenvalue weighted by Crippen LogP contribution is -2.24. The van der Waals surface area contributed by atoms with Crippen LogP contribution in [0.25, 0.3) is 22.2 Å². The fourth-order valence-corrected chi connectivity index (χ4v) is 4.23. The Morgan fingerprint density at radius 1 is 1.16 bits per heavy atom. The first kappa shape index (κ1) is 19.8. The quantitative estimate of drug-likeness (QED) is 0.495. The molecule has 1 aliphatic rings. The summed E-state index contributed by atoms with van der Waals surface area (Å²) in [5, 5.41) is 3.53. The monoisotopic (exact) mass is 435 g/mol. The summed E-state index contributed by atoms with van der Waals surface area (Å²) in [6.45, 7) is 1.56. The molecule has 3 heterocycles. The third-order valence-electron chi connectivity index (χ3n) is 5.63. The number of fused-ring (bicyclic) bond motifs is 2. The van der Waals surface area contributed by atoms with Crippen LogP contribution in [0.5, 0.6) is 0 Å². The van der Waals surface area contributed by atoms with Crippen LogP contribution in [0.15, 0.2) is 48.5 Å². The fraction of sp³-hybridized carbons (Fsp3) is 0.261. The highest BCUT2D eigenvalue weighted by atomic mass is 35.5. The van der Waals surface area contributed by atoms with E-state index in [1.54, 1.807) is 6.07 Å². The van der Waals surface area contributed by atoms with E-state index in [0.29, 0.717) is 39.6 Å². The fourth-order valence-electron chi connectivity index (χ4n) is 4.02. The van der Waals surface area contributed by atoms with Crippen molar-refractivity contribution >= 4 is 45.5 Å². The minimum Gasteiger partial charge on any atom is -0.384 e. The molecule has 1 atom stereocenters. The van der Waals surface area contributed by atoms with Crippen molar-refractivity contribution in [1.82, 2.24) is 19.9 Å². The van der Waals surface area contributed by atoms with Crippen molar-refractivity contribution in [3.63, 3.8) is 0 Å². The third kappa shape index (κ3) is 3.71. The second-order valence-electron chi connectivity index (χ2n) is 7.66. The van der Waals surface area contributed by atoms with Gasteiger partial charge in [0.15, 0.2) is 5.65 Å². The number of benzene rings is 2. The van der Waals surface area contributed by atoms with Crippen molar-refractivity contribution in [2.45, 2.75) is 32.0 Å². The van der Waals surface area contributed by atoms with Gasteiger partial charge >= 0.3 is 0 Å². The number of nitrogens with two attached hydrogens (primary N) is 1. The van der Waals surface area contributed by atoms with Gasteiger partial charge in [-0.25, -0.2) is 9.97 Å². The number of carbonyl (C=O) groups is 1. The van der Waals surface area contributed by atoms with E-state index in [4.69, 9.17) is 32.0 Å². The van der Waals surface area contributed by atoms with Gasteiger partial charge in [0.2, 0.25) is 0 Å². The Balaban J connectivity index is 1.57. The van der Waals surface area contributed by atoms with Crippen LogP contribution in [0.2, 0.25) is 5.02 Å². The molecule has 1 saturated heterocycles. The average molecular weight is 436 g/mol. The Hall–Kier alpha value is -3.16. The Morgan fingerprint density at radius 3 is 2.65 bits per heavy atom. The zero-order chi connectivity index (χ0) is 21.4. The largest absolute Gasteiger partial charge is 0.384 e. The van der Waals surface area contributed by atoms with Crippen molar-refractivity contribution in [2.75, 3.05) is 12.3 Å². The highest BCUT2D eigenvalue weighted by molar-refractivity contribution is 6.31. The van der Waals surface area contributed by atoms with Gasteiger partial charge in [0, 0.05) is 18.2 Å². The lowest BCUT2D eigenvalue weighted by Gasteiger charge is -2.13. The summed E-state index contributed by atoms with van der Waals surface area (Å²) in [6.07, 6.45) is 2.02. The van der Waals surface area contributed by atoms with Gasteiger partial charge in [-0.1, -0.05) is 41.9 Å². The third-order valence-corrected chi connectivity index (χ3v) is 5.99. The molecule has 0 saturated carbocycles. The molecule has 4 aromatic rings. The first-order valence-electron chi connectivity index (χ1n) is 10.3. The van der Waals surface area contributed by atoms with Crippen LogP contribution >= 0.6 is 11.6 Å². The van der Waals surface area contributed by atoms with Gasteiger partial charge in [0.1, 0.15) is 16.9 Å². The molecule has 2 aromatic carbocycles. The van der Waals surface area contributed by atoms with Gasteiger partial charge in [-0.15, -0.1) is 0 Å². The topological polar surface area (TPSA) is 95.1 Å². The van der Waals surface area contributed by atoms with Crippen molar-refractivity contribution < 1.29 is 9.53 Å². The van der Waals surface area contributed by atoms with E-state index < -0.39 is 0 Å². The highest BCUT2D eigenvalue weighted by Gasteiger charge is 2.26. The zero-order valence-corrected chi connectivity index (χ0v) is 17.6. The molecule has 8 heteroatoms. The standard InChI is InChI=1S/C23H22ClN5O2/c24-16-8-2-1-6-14(16)12-26-23(30)19-20-22(28-18-10-4-3-9-17(18)27-20)29(21(19)25)13-15-7-5-11-31-15/h1-4,6,8-10,15H,5,7,11-13,25H2,(H,26,30)/t15-/m1/s1. The van der Waals surface area contributed by atoms with Gasteiger partial charge in [-0.05, 0) is 36.6 Å². The number of ether oxygens (including phenoxy) is 1. The molecule has 31 heavy (non-hydrogen) atoms. The first-order valence-corrected chi connectivity index (χ1v) is 10.7. The van der Waals surface area contributed by atoms with E-state index in [1.165, 1.54) is 0 Å². The van der Waals surface area contributed by atoms with Crippen molar-refractivity contribution in [3.05, 3.63) is 64.7 Å². The molecule has 1 amide bonds. The van der Waals surface area contributed by atoms with E-state index >= 15 is 0 Å².